The van der Waals surface area contributed by atoms with E-state index in [1.165, 1.54) is 38.6 Å². The molecule has 2 nitrogen and oxygen atoms in total. The average Bonchev–Trinajstić information content (AvgIpc) is 2.45. The molecule has 1 aliphatic carbocycles. The van der Waals surface area contributed by atoms with Gasteiger partial charge in [0.25, 0.3) is 0 Å². The quantitative estimate of drug-likeness (QED) is 0.848. The normalized spacial score (nSPS) is 31.4. The molecule has 0 aromatic heterocycles. The van der Waals surface area contributed by atoms with Gasteiger partial charge in [-0.2, -0.15) is 0 Å². The fourth-order valence-corrected chi connectivity index (χ4v) is 3.83. The highest BCUT2D eigenvalue weighted by atomic mass is 35.5. The highest BCUT2D eigenvalue weighted by molar-refractivity contribution is 6.25. The van der Waals surface area contributed by atoms with Crippen molar-refractivity contribution < 1.29 is 0 Å². The van der Waals surface area contributed by atoms with Crippen LogP contribution >= 0.6 is 11.6 Å². The third-order valence-electron chi connectivity index (χ3n) is 4.91. The van der Waals surface area contributed by atoms with E-state index in [1.54, 1.807) is 5.54 Å². The molecule has 0 spiro atoms. The number of nitrogens with zero attached hydrogens (tertiary/aromatic N) is 1. The van der Waals surface area contributed by atoms with Gasteiger partial charge in [-0.25, -0.2) is 0 Å². The summed E-state index contributed by atoms with van der Waals surface area (Å²) in [4.78, 5) is 2.62. The van der Waals surface area contributed by atoms with Gasteiger partial charge < -0.3 is 5.32 Å². The molecule has 2 unspecified atom stereocenters. The predicted octanol–water partition coefficient (Wildman–Crippen LogP) is 3.62. The number of piperazine rings is 1. The van der Waals surface area contributed by atoms with Crippen molar-refractivity contribution in [1.29, 1.82) is 0 Å². The number of nitrogens with one attached hydrogen (secondary N) is 1. The Bertz CT molecular complexity index is 284. The minimum absolute atomic E-state index is 0.646. The highest BCUT2D eigenvalue weighted by Gasteiger charge is 2.33. The van der Waals surface area contributed by atoms with E-state index in [4.69, 9.17) is 11.6 Å². The molecule has 1 saturated heterocycles. The molecule has 2 fully saturated rings. The molecule has 0 aromatic carbocycles. The molecule has 0 amide bonds. The summed E-state index contributed by atoms with van der Waals surface area (Å²) in [5.74, 6) is 1.59. The third kappa shape index (κ3) is 4.21. The average molecular weight is 285 g/mol. The fourth-order valence-electron chi connectivity index (χ4n) is 3.75. The fraction of sp³-hybridized carbons (Fsp3) is 0.875. The lowest BCUT2D eigenvalue weighted by Gasteiger charge is -2.45. The van der Waals surface area contributed by atoms with Gasteiger partial charge >= 0.3 is 0 Å². The Hall–Kier alpha value is -0.0500. The van der Waals surface area contributed by atoms with E-state index in [1.807, 2.05) is 0 Å². The van der Waals surface area contributed by atoms with Gasteiger partial charge in [0.15, 0.2) is 0 Å². The first kappa shape index (κ1) is 15.3. The Labute approximate surface area is 123 Å². The number of hydrogen-bond acceptors (Lipinski definition) is 2. The van der Waals surface area contributed by atoms with E-state index in [2.05, 4.69) is 30.1 Å². The summed E-state index contributed by atoms with van der Waals surface area (Å²) in [6, 6.07) is 1.34. The van der Waals surface area contributed by atoms with Crippen LogP contribution in [-0.2, 0) is 0 Å². The Morgan fingerprint density at radius 2 is 2.00 bits per heavy atom. The molecule has 3 heteroatoms. The molecule has 2 rings (SSSR count). The first-order valence-electron chi connectivity index (χ1n) is 7.95. The molecule has 19 heavy (non-hydrogen) atoms. The standard InChI is InChI=1S/C16H29ClN2/c1-13(2)16-11-18-15(12-19(16)10-6-9-17)14-7-4-3-5-8-14/h6,9,13-16,18H,3-5,7-8,10-12H2,1-2H3/b9-6+. The molecular weight excluding hydrogens is 256 g/mol. The van der Waals surface area contributed by atoms with Crippen LogP contribution in [0.1, 0.15) is 46.0 Å². The van der Waals surface area contributed by atoms with Gasteiger partial charge in [-0.1, -0.05) is 50.8 Å². The second-order valence-electron chi connectivity index (χ2n) is 6.54. The molecule has 2 aliphatic rings. The van der Waals surface area contributed by atoms with Gasteiger partial charge in [0, 0.05) is 37.3 Å². The summed E-state index contributed by atoms with van der Waals surface area (Å²) in [5.41, 5.74) is 1.66. The van der Waals surface area contributed by atoms with Crippen LogP contribution < -0.4 is 5.32 Å². The molecule has 1 saturated carbocycles. The molecule has 1 N–H and O–H groups in total. The van der Waals surface area contributed by atoms with Crippen LogP contribution in [0.2, 0.25) is 0 Å². The van der Waals surface area contributed by atoms with Gasteiger partial charge in [0.1, 0.15) is 0 Å². The van der Waals surface area contributed by atoms with Gasteiger partial charge in [-0.15, -0.1) is 0 Å². The maximum Gasteiger partial charge on any atom is 0.0247 e. The summed E-state index contributed by atoms with van der Waals surface area (Å²) in [7, 11) is 0. The van der Waals surface area contributed by atoms with Crippen molar-refractivity contribution in [1.82, 2.24) is 10.2 Å². The Kier molecular flexibility index (Phi) is 6.18. The van der Waals surface area contributed by atoms with E-state index in [0.717, 1.165) is 19.0 Å². The van der Waals surface area contributed by atoms with Crippen LogP contribution in [-0.4, -0.2) is 36.6 Å². The molecule has 0 radical (unpaired) electrons. The van der Waals surface area contributed by atoms with E-state index < -0.39 is 0 Å². The van der Waals surface area contributed by atoms with Crippen molar-refractivity contribution in [3.8, 4) is 0 Å². The SMILES string of the molecule is CC(C)C1CNC(C2CCCCC2)CN1C/C=C/Cl. The van der Waals surface area contributed by atoms with Crippen molar-refractivity contribution in [2.75, 3.05) is 19.6 Å². The van der Waals surface area contributed by atoms with E-state index in [-0.39, 0.29) is 0 Å². The van der Waals surface area contributed by atoms with Crippen molar-refractivity contribution >= 4 is 11.6 Å². The Balaban J connectivity index is 1.94. The maximum absolute atomic E-state index is 5.71. The van der Waals surface area contributed by atoms with Crippen molar-refractivity contribution in [2.45, 2.75) is 58.0 Å². The number of hydrogen-bond donors (Lipinski definition) is 1. The minimum atomic E-state index is 0.646. The van der Waals surface area contributed by atoms with Crippen LogP contribution in [0.15, 0.2) is 11.6 Å². The molecule has 110 valence electrons. The first-order chi connectivity index (χ1) is 9.22. The first-order valence-corrected chi connectivity index (χ1v) is 8.38. The minimum Gasteiger partial charge on any atom is -0.311 e. The maximum atomic E-state index is 5.71. The lowest BCUT2D eigenvalue weighted by molar-refractivity contribution is 0.0824. The monoisotopic (exact) mass is 284 g/mol. The number of rotatable bonds is 4. The second-order valence-corrected chi connectivity index (χ2v) is 6.79. The molecule has 2 atom stereocenters. The summed E-state index contributed by atoms with van der Waals surface area (Å²) in [6.45, 7) is 7.97. The molecule has 0 bridgehead atoms. The second kappa shape index (κ2) is 7.66. The summed E-state index contributed by atoms with van der Waals surface area (Å²) < 4.78 is 0. The van der Waals surface area contributed by atoms with Crippen molar-refractivity contribution in [3.63, 3.8) is 0 Å². The van der Waals surface area contributed by atoms with Gasteiger partial charge in [-0.3, -0.25) is 4.90 Å². The van der Waals surface area contributed by atoms with Gasteiger partial charge in [-0.05, 0) is 24.7 Å². The smallest absolute Gasteiger partial charge is 0.0247 e. The van der Waals surface area contributed by atoms with Crippen LogP contribution in [0.3, 0.4) is 0 Å². The van der Waals surface area contributed by atoms with Crippen LogP contribution in [0.25, 0.3) is 0 Å². The zero-order valence-electron chi connectivity index (χ0n) is 12.4. The molecule has 1 aliphatic heterocycles. The highest BCUT2D eigenvalue weighted by Crippen LogP contribution is 2.29. The Morgan fingerprint density at radius 3 is 2.63 bits per heavy atom. The zero-order chi connectivity index (χ0) is 13.7. The number of halogens is 1. The Morgan fingerprint density at radius 1 is 1.26 bits per heavy atom. The predicted molar refractivity (Wildman–Crippen MR) is 83.6 cm³/mol. The van der Waals surface area contributed by atoms with E-state index >= 15 is 0 Å². The van der Waals surface area contributed by atoms with E-state index in [0.29, 0.717) is 18.0 Å². The topological polar surface area (TPSA) is 15.3 Å². The van der Waals surface area contributed by atoms with Crippen LogP contribution in [0.5, 0.6) is 0 Å². The molecular formula is C16H29ClN2. The summed E-state index contributed by atoms with van der Waals surface area (Å²) >= 11 is 5.71. The van der Waals surface area contributed by atoms with Crippen molar-refractivity contribution in [3.05, 3.63) is 11.6 Å². The van der Waals surface area contributed by atoms with Gasteiger partial charge in [0.05, 0.1) is 0 Å². The van der Waals surface area contributed by atoms with Gasteiger partial charge in [0.2, 0.25) is 0 Å². The largest absolute Gasteiger partial charge is 0.311 e. The van der Waals surface area contributed by atoms with E-state index in [9.17, 15) is 0 Å². The zero-order valence-corrected chi connectivity index (χ0v) is 13.2. The lowest BCUT2D eigenvalue weighted by Crippen LogP contribution is -2.60. The van der Waals surface area contributed by atoms with Crippen LogP contribution in [0.4, 0.5) is 0 Å². The summed E-state index contributed by atoms with van der Waals surface area (Å²) in [5, 5.41) is 3.83. The van der Waals surface area contributed by atoms with Crippen LogP contribution in [0, 0.1) is 11.8 Å². The molecule has 0 aromatic rings. The van der Waals surface area contributed by atoms with Crippen molar-refractivity contribution in [2.24, 2.45) is 11.8 Å². The lowest BCUT2D eigenvalue weighted by atomic mass is 9.82. The third-order valence-corrected chi connectivity index (χ3v) is 5.08. The molecule has 1 heterocycles. The summed E-state index contributed by atoms with van der Waals surface area (Å²) in [6.07, 6.45) is 9.22.